The Morgan fingerprint density at radius 1 is 1.18 bits per heavy atom. The minimum Gasteiger partial charge on any atom is -0.462 e. The van der Waals surface area contributed by atoms with E-state index >= 15 is 4.39 Å². The maximum atomic E-state index is 16.8. The molecule has 2 saturated heterocycles. The predicted molar refractivity (Wildman–Crippen MR) is 167 cm³/mol. The molecule has 0 spiro atoms. The van der Waals surface area contributed by atoms with Crippen LogP contribution in [0.25, 0.3) is 26.9 Å². The average molecular weight is 621 g/mol. The van der Waals surface area contributed by atoms with Crippen LogP contribution in [0.15, 0.2) is 36.7 Å². The molecule has 0 radical (unpaired) electrons. The largest absolute Gasteiger partial charge is 0.462 e. The first kappa shape index (κ1) is 30.2. The Labute approximate surface area is 261 Å². The van der Waals surface area contributed by atoms with Crippen molar-refractivity contribution in [1.29, 1.82) is 0 Å². The smallest absolute Gasteiger partial charge is 0.319 e. The summed E-state index contributed by atoms with van der Waals surface area (Å²) in [6.07, 6.45) is 6.00. The van der Waals surface area contributed by atoms with Gasteiger partial charge in [0.05, 0.1) is 5.02 Å². The second-order valence-electron chi connectivity index (χ2n) is 11.9. The number of aromatic nitrogens is 2. The van der Waals surface area contributed by atoms with Crippen LogP contribution in [-0.2, 0) is 17.6 Å². The van der Waals surface area contributed by atoms with Gasteiger partial charge in [-0.05, 0) is 74.9 Å². The topological polar surface area (TPSA) is 66.2 Å². The molecule has 44 heavy (non-hydrogen) atoms. The van der Waals surface area contributed by atoms with Crippen molar-refractivity contribution in [2.24, 2.45) is 0 Å². The zero-order chi connectivity index (χ0) is 31.0. The van der Waals surface area contributed by atoms with Gasteiger partial charge in [0.2, 0.25) is 6.54 Å². The normalized spacial score (nSPS) is 20.4. The van der Waals surface area contributed by atoms with Gasteiger partial charge in [-0.15, -0.1) is 0 Å². The Balaban J connectivity index is 1.45. The van der Waals surface area contributed by atoms with E-state index in [-0.39, 0.29) is 48.8 Å². The van der Waals surface area contributed by atoms with Crippen molar-refractivity contribution >= 4 is 34.2 Å². The van der Waals surface area contributed by atoms with E-state index < -0.39 is 23.6 Å². The highest BCUT2D eigenvalue weighted by molar-refractivity contribution is 6.34. The highest BCUT2D eigenvalue weighted by Gasteiger charge is 2.36. The van der Waals surface area contributed by atoms with Crippen molar-refractivity contribution in [2.45, 2.75) is 50.6 Å². The number of hydrogen-bond acceptors (Lipinski definition) is 6. The number of amides is 1. The molecule has 3 aromatic rings. The van der Waals surface area contributed by atoms with E-state index in [2.05, 4.69) is 27.4 Å². The lowest BCUT2D eigenvalue weighted by Crippen LogP contribution is -2.56. The molecule has 230 valence electrons. The van der Waals surface area contributed by atoms with E-state index in [1.807, 2.05) is 24.1 Å². The van der Waals surface area contributed by atoms with Crippen LogP contribution in [0.4, 0.5) is 14.6 Å². The Hall–Kier alpha value is -3.81. The number of likely N-dealkylation sites (N-methyl/N-ethyl adjacent to an activating group) is 1. The highest BCUT2D eigenvalue weighted by atomic mass is 35.5. The summed E-state index contributed by atoms with van der Waals surface area (Å²) < 4.78 is 36.7. The molecule has 0 bridgehead atoms. The maximum absolute atomic E-state index is 16.8. The first-order chi connectivity index (χ1) is 21.3. The Kier molecular flexibility index (Phi) is 8.70. The molecule has 6 rings (SSSR count). The third kappa shape index (κ3) is 5.71. The molecular weight excluding hydrogens is 586 g/mol. The summed E-state index contributed by atoms with van der Waals surface area (Å²) in [7, 11) is 2.05. The molecule has 2 aromatic carbocycles. The molecule has 0 N–H and O–H groups in total. The molecule has 0 saturated carbocycles. The van der Waals surface area contributed by atoms with Crippen molar-refractivity contribution in [2.75, 3.05) is 51.3 Å². The van der Waals surface area contributed by atoms with Gasteiger partial charge in [0.1, 0.15) is 24.0 Å². The number of anilines is 1. The summed E-state index contributed by atoms with van der Waals surface area (Å²) in [5.41, 5.74) is 3.51. The third-order valence-electron chi connectivity index (χ3n) is 9.16. The molecule has 2 aliphatic heterocycles. The fourth-order valence-corrected chi connectivity index (χ4v) is 7.11. The lowest BCUT2D eigenvalue weighted by molar-refractivity contribution is -0.131. The van der Waals surface area contributed by atoms with E-state index in [1.165, 1.54) is 10.5 Å². The van der Waals surface area contributed by atoms with E-state index in [9.17, 15) is 9.18 Å². The summed E-state index contributed by atoms with van der Waals surface area (Å²) in [5, 5.41) is 0.656. The quantitative estimate of drug-likeness (QED) is 0.244. The number of hydrogen-bond donors (Lipinski definition) is 0. The van der Waals surface area contributed by atoms with Gasteiger partial charge in [-0.25, -0.2) is 15.4 Å². The van der Waals surface area contributed by atoms with Crippen LogP contribution in [0, 0.1) is 12.4 Å². The first-order valence-electron chi connectivity index (χ1n) is 15.1. The molecule has 0 unspecified atom stereocenters. The van der Waals surface area contributed by atoms with Crippen molar-refractivity contribution in [1.82, 2.24) is 19.8 Å². The SMILES string of the molecule is [C-]#[N+]C[C@H]1CN(c2nc(OC[C@@H]3CCCN3C)nc3c(F)c(-c4cccc5c4CCCC5)c(Cl)cc23)CCN1C(=O)C(=C)F. The van der Waals surface area contributed by atoms with Crippen LogP contribution in [0.3, 0.4) is 0 Å². The molecule has 1 aromatic heterocycles. The minimum absolute atomic E-state index is 0.0334. The molecule has 2 atom stereocenters. The molecule has 1 aliphatic carbocycles. The molecular formula is C33H35ClF2N6O2. The summed E-state index contributed by atoms with van der Waals surface area (Å²) >= 11 is 6.88. The number of carbonyl (C=O) groups is 1. The van der Waals surface area contributed by atoms with E-state index in [0.717, 1.165) is 56.2 Å². The number of benzene rings is 2. The predicted octanol–water partition coefficient (Wildman–Crippen LogP) is 5.86. The standard InChI is InChI=1S/C33H35ClF2N6O2/c1-20(35)32(43)42-15-14-41(18-23(42)17-37-2)31-26-16-27(34)28(25-12-6-9-21-8-4-5-11-24(21)25)29(36)30(26)38-33(39-31)44-19-22-10-7-13-40(22)3/h6,9,12,16,22-23H,1,4-5,7-8,10-11,13-15,17-19H2,3H3/t22-,23-/m0/s1. The molecule has 2 fully saturated rings. The fraction of sp³-hybridized carbons (Fsp3) is 0.455. The summed E-state index contributed by atoms with van der Waals surface area (Å²) in [4.78, 5) is 30.8. The van der Waals surface area contributed by atoms with Gasteiger partial charge in [-0.2, -0.15) is 9.97 Å². The number of nitrogens with zero attached hydrogens (tertiary/aromatic N) is 6. The monoisotopic (exact) mass is 620 g/mol. The number of halogens is 3. The van der Waals surface area contributed by atoms with Crippen LogP contribution in [0.1, 0.15) is 36.8 Å². The van der Waals surface area contributed by atoms with Gasteiger partial charge in [0, 0.05) is 36.6 Å². The summed E-state index contributed by atoms with van der Waals surface area (Å²) in [6, 6.07) is 7.30. The van der Waals surface area contributed by atoms with Crippen LogP contribution in [0.2, 0.25) is 5.02 Å². The molecule has 11 heteroatoms. The molecule has 3 heterocycles. The third-order valence-corrected chi connectivity index (χ3v) is 9.46. The number of aryl methyl sites for hydroxylation is 1. The molecule has 1 amide bonds. The van der Waals surface area contributed by atoms with Crippen molar-refractivity contribution < 1.29 is 18.3 Å². The van der Waals surface area contributed by atoms with Crippen LogP contribution in [0.5, 0.6) is 6.01 Å². The van der Waals surface area contributed by atoms with Crippen molar-refractivity contribution in [3.8, 4) is 17.1 Å². The van der Waals surface area contributed by atoms with E-state index in [0.29, 0.717) is 23.4 Å². The Bertz CT molecular complexity index is 1660. The van der Waals surface area contributed by atoms with Gasteiger partial charge in [0.15, 0.2) is 11.6 Å². The first-order valence-corrected chi connectivity index (χ1v) is 15.5. The number of likely N-dealkylation sites (tertiary alicyclic amines) is 1. The van der Waals surface area contributed by atoms with Crippen molar-refractivity contribution in [3.05, 3.63) is 70.1 Å². The minimum atomic E-state index is -1.07. The second kappa shape index (κ2) is 12.7. The number of rotatable bonds is 7. The number of carbonyl (C=O) groups excluding carboxylic acids is 1. The van der Waals surface area contributed by atoms with Gasteiger partial charge < -0.3 is 24.3 Å². The summed E-state index contributed by atoms with van der Waals surface area (Å²) in [6.45, 7) is 12.5. The lowest BCUT2D eigenvalue weighted by Gasteiger charge is -2.39. The van der Waals surface area contributed by atoms with Gasteiger partial charge in [-0.3, -0.25) is 4.79 Å². The van der Waals surface area contributed by atoms with E-state index in [4.69, 9.17) is 27.9 Å². The Morgan fingerprint density at radius 2 is 2.00 bits per heavy atom. The Morgan fingerprint density at radius 3 is 2.75 bits per heavy atom. The fourth-order valence-electron chi connectivity index (χ4n) is 6.82. The van der Waals surface area contributed by atoms with Gasteiger partial charge in [0.25, 0.3) is 5.91 Å². The van der Waals surface area contributed by atoms with Crippen LogP contribution >= 0.6 is 11.6 Å². The number of piperazine rings is 1. The van der Waals surface area contributed by atoms with Crippen LogP contribution in [-0.4, -0.2) is 84.1 Å². The van der Waals surface area contributed by atoms with E-state index in [1.54, 1.807) is 6.07 Å². The number of ether oxygens (including phenoxy) is 1. The second-order valence-corrected chi connectivity index (χ2v) is 12.3. The molecule has 8 nitrogen and oxygen atoms in total. The van der Waals surface area contributed by atoms with Crippen LogP contribution < -0.4 is 9.64 Å². The van der Waals surface area contributed by atoms with Gasteiger partial charge >= 0.3 is 6.01 Å². The number of fused-ring (bicyclic) bond motifs is 2. The average Bonchev–Trinajstić information content (AvgIpc) is 3.44. The van der Waals surface area contributed by atoms with Crippen molar-refractivity contribution in [3.63, 3.8) is 0 Å². The van der Waals surface area contributed by atoms with Gasteiger partial charge in [-0.1, -0.05) is 36.4 Å². The zero-order valence-electron chi connectivity index (χ0n) is 24.8. The molecule has 3 aliphatic rings. The highest BCUT2D eigenvalue weighted by Crippen LogP contribution is 2.42. The lowest BCUT2D eigenvalue weighted by atomic mass is 9.85. The zero-order valence-corrected chi connectivity index (χ0v) is 25.5. The maximum Gasteiger partial charge on any atom is 0.319 e. The summed E-state index contributed by atoms with van der Waals surface area (Å²) in [5.74, 6) is -2.05.